The second kappa shape index (κ2) is 6.54. The number of amides is 1. The minimum Gasteiger partial charge on any atom is -0.459 e. The lowest BCUT2D eigenvalue weighted by Gasteiger charge is -2.11. The zero-order valence-corrected chi connectivity index (χ0v) is 14.1. The number of carbonyl (C=O) groups is 1. The SMILES string of the molecule is O=C(Nc1oc2ccccc2c(=O)c1-c1cccc(Cl)c1)c1ccco1. The summed E-state index contributed by atoms with van der Waals surface area (Å²) < 4.78 is 10.9. The molecule has 0 saturated carbocycles. The van der Waals surface area contributed by atoms with Gasteiger partial charge < -0.3 is 8.83 Å². The summed E-state index contributed by atoms with van der Waals surface area (Å²) in [6.45, 7) is 0. The molecule has 0 atom stereocenters. The topological polar surface area (TPSA) is 72.5 Å². The highest BCUT2D eigenvalue weighted by Crippen LogP contribution is 2.30. The van der Waals surface area contributed by atoms with Crippen molar-refractivity contribution in [2.24, 2.45) is 0 Å². The predicted octanol–water partition coefficient (Wildman–Crippen LogP) is 4.96. The van der Waals surface area contributed by atoms with Gasteiger partial charge in [-0.05, 0) is 42.0 Å². The second-order valence-corrected chi connectivity index (χ2v) is 6.01. The number of anilines is 1. The molecule has 4 rings (SSSR count). The van der Waals surface area contributed by atoms with Crippen molar-refractivity contribution in [3.05, 3.63) is 87.9 Å². The Balaban J connectivity index is 1.93. The zero-order valence-electron chi connectivity index (χ0n) is 13.4. The Morgan fingerprint density at radius 1 is 1.00 bits per heavy atom. The van der Waals surface area contributed by atoms with E-state index in [-0.39, 0.29) is 22.6 Å². The average Bonchev–Trinajstić information content (AvgIpc) is 3.17. The lowest BCUT2D eigenvalue weighted by Crippen LogP contribution is -2.16. The molecule has 4 aromatic rings. The summed E-state index contributed by atoms with van der Waals surface area (Å²) in [5.74, 6) is -0.369. The minimum atomic E-state index is -0.517. The van der Waals surface area contributed by atoms with E-state index in [9.17, 15) is 9.59 Å². The van der Waals surface area contributed by atoms with Crippen LogP contribution in [0.2, 0.25) is 5.02 Å². The first-order chi connectivity index (χ1) is 12.6. The Hall–Kier alpha value is -3.31. The molecule has 1 amide bonds. The fourth-order valence-electron chi connectivity index (χ4n) is 2.71. The Labute approximate surface area is 152 Å². The molecular weight excluding hydrogens is 354 g/mol. The van der Waals surface area contributed by atoms with E-state index in [0.29, 0.717) is 21.6 Å². The average molecular weight is 366 g/mol. The first kappa shape index (κ1) is 16.2. The summed E-state index contributed by atoms with van der Waals surface area (Å²) in [7, 11) is 0. The molecule has 2 heterocycles. The van der Waals surface area contributed by atoms with E-state index in [0.717, 1.165) is 0 Å². The fraction of sp³-hybridized carbons (Fsp3) is 0. The number of rotatable bonds is 3. The number of nitrogens with one attached hydrogen (secondary N) is 1. The number of carbonyl (C=O) groups excluding carboxylic acids is 1. The third-order valence-electron chi connectivity index (χ3n) is 3.88. The molecule has 0 bridgehead atoms. The van der Waals surface area contributed by atoms with Crippen LogP contribution < -0.4 is 10.7 Å². The molecule has 0 saturated heterocycles. The second-order valence-electron chi connectivity index (χ2n) is 5.57. The van der Waals surface area contributed by atoms with Crippen LogP contribution in [0.15, 0.2) is 80.6 Å². The van der Waals surface area contributed by atoms with E-state index in [2.05, 4.69) is 5.32 Å². The lowest BCUT2D eigenvalue weighted by molar-refractivity contribution is 0.0994. The lowest BCUT2D eigenvalue weighted by atomic mass is 10.0. The van der Waals surface area contributed by atoms with Gasteiger partial charge in [0, 0.05) is 5.02 Å². The van der Waals surface area contributed by atoms with E-state index in [4.69, 9.17) is 20.4 Å². The summed E-state index contributed by atoms with van der Waals surface area (Å²) >= 11 is 6.07. The van der Waals surface area contributed by atoms with Crippen LogP contribution in [-0.2, 0) is 0 Å². The number of benzene rings is 2. The highest BCUT2D eigenvalue weighted by molar-refractivity contribution is 6.30. The molecule has 0 spiro atoms. The van der Waals surface area contributed by atoms with E-state index < -0.39 is 5.91 Å². The summed E-state index contributed by atoms with van der Waals surface area (Å²) in [5, 5.41) is 3.51. The van der Waals surface area contributed by atoms with E-state index in [1.807, 2.05) is 0 Å². The standard InChI is InChI=1S/C20H12ClNO4/c21-13-6-3-5-12(11-13)17-18(23)14-7-1-2-8-15(14)26-20(17)22-19(24)16-9-4-10-25-16/h1-11H,(H,22,24). The number of hydrogen-bond acceptors (Lipinski definition) is 4. The highest BCUT2D eigenvalue weighted by atomic mass is 35.5. The van der Waals surface area contributed by atoms with Crippen LogP contribution in [-0.4, -0.2) is 5.91 Å². The molecule has 5 nitrogen and oxygen atoms in total. The van der Waals surface area contributed by atoms with Gasteiger partial charge in [-0.25, -0.2) is 0 Å². The first-order valence-electron chi connectivity index (χ1n) is 7.80. The molecule has 2 aromatic carbocycles. The van der Waals surface area contributed by atoms with Gasteiger partial charge in [-0.3, -0.25) is 14.9 Å². The number of fused-ring (bicyclic) bond motifs is 1. The Morgan fingerprint density at radius 3 is 2.62 bits per heavy atom. The molecule has 26 heavy (non-hydrogen) atoms. The van der Waals surface area contributed by atoms with Crippen LogP contribution in [0, 0.1) is 0 Å². The van der Waals surface area contributed by atoms with Crippen LogP contribution in [0.5, 0.6) is 0 Å². The zero-order chi connectivity index (χ0) is 18.1. The monoisotopic (exact) mass is 365 g/mol. The van der Waals surface area contributed by atoms with Crippen molar-refractivity contribution in [1.29, 1.82) is 0 Å². The normalized spacial score (nSPS) is 10.8. The largest absolute Gasteiger partial charge is 0.459 e. The fourth-order valence-corrected chi connectivity index (χ4v) is 2.90. The van der Waals surface area contributed by atoms with E-state index in [1.165, 1.54) is 12.3 Å². The molecule has 0 fully saturated rings. The molecule has 0 aliphatic carbocycles. The first-order valence-corrected chi connectivity index (χ1v) is 8.18. The third kappa shape index (κ3) is 2.89. The molecular formula is C20H12ClNO4. The van der Waals surface area contributed by atoms with Crippen LogP contribution in [0.25, 0.3) is 22.1 Å². The summed E-state index contributed by atoms with van der Waals surface area (Å²) in [6, 6.07) is 16.8. The van der Waals surface area contributed by atoms with Gasteiger partial charge >= 0.3 is 0 Å². The minimum absolute atomic E-state index is 0.0392. The molecule has 0 unspecified atom stereocenters. The summed E-state index contributed by atoms with van der Waals surface area (Å²) in [5.41, 5.74) is 0.889. The van der Waals surface area contributed by atoms with Gasteiger partial charge in [0.15, 0.2) is 5.76 Å². The van der Waals surface area contributed by atoms with Crippen LogP contribution in [0.4, 0.5) is 5.88 Å². The molecule has 6 heteroatoms. The summed E-state index contributed by atoms with van der Waals surface area (Å²) in [6.07, 6.45) is 1.39. The van der Waals surface area contributed by atoms with Crippen molar-refractivity contribution in [3.8, 4) is 11.1 Å². The smallest absolute Gasteiger partial charge is 0.293 e. The Bertz CT molecular complexity index is 1160. The number of furan rings is 1. The molecule has 128 valence electrons. The van der Waals surface area contributed by atoms with Crippen molar-refractivity contribution < 1.29 is 13.6 Å². The van der Waals surface area contributed by atoms with Crippen LogP contribution in [0.1, 0.15) is 10.6 Å². The maximum absolute atomic E-state index is 13.1. The number of halogens is 1. The van der Waals surface area contributed by atoms with Crippen LogP contribution >= 0.6 is 11.6 Å². The van der Waals surface area contributed by atoms with Gasteiger partial charge in [0.2, 0.25) is 11.3 Å². The predicted molar refractivity (Wildman–Crippen MR) is 99.6 cm³/mol. The third-order valence-corrected chi connectivity index (χ3v) is 4.12. The van der Waals surface area contributed by atoms with Gasteiger partial charge in [0.25, 0.3) is 5.91 Å². The van der Waals surface area contributed by atoms with Crippen molar-refractivity contribution in [3.63, 3.8) is 0 Å². The van der Waals surface area contributed by atoms with Crippen molar-refractivity contribution in [2.45, 2.75) is 0 Å². The van der Waals surface area contributed by atoms with Gasteiger partial charge in [-0.2, -0.15) is 0 Å². The molecule has 0 radical (unpaired) electrons. The Kier molecular flexibility index (Phi) is 4.07. The van der Waals surface area contributed by atoms with Gasteiger partial charge in [0.1, 0.15) is 5.58 Å². The molecule has 1 N–H and O–H groups in total. The Morgan fingerprint density at radius 2 is 1.85 bits per heavy atom. The highest BCUT2D eigenvalue weighted by Gasteiger charge is 2.20. The van der Waals surface area contributed by atoms with E-state index >= 15 is 0 Å². The van der Waals surface area contributed by atoms with E-state index in [1.54, 1.807) is 54.6 Å². The van der Waals surface area contributed by atoms with Gasteiger partial charge in [0.05, 0.1) is 17.2 Å². The molecule has 0 aliphatic heterocycles. The van der Waals surface area contributed by atoms with Gasteiger partial charge in [-0.1, -0.05) is 35.9 Å². The van der Waals surface area contributed by atoms with Crippen molar-refractivity contribution in [1.82, 2.24) is 0 Å². The maximum Gasteiger partial charge on any atom is 0.293 e. The van der Waals surface area contributed by atoms with Crippen LogP contribution in [0.3, 0.4) is 0 Å². The van der Waals surface area contributed by atoms with Crippen molar-refractivity contribution >= 4 is 34.4 Å². The quantitative estimate of drug-likeness (QED) is 0.557. The van der Waals surface area contributed by atoms with Crippen molar-refractivity contribution in [2.75, 3.05) is 5.32 Å². The summed E-state index contributed by atoms with van der Waals surface area (Å²) in [4.78, 5) is 25.4. The number of hydrogen-bond donors (Lipinski definition) is 1. The molecule has 0 aliphatic rings. The maximum atomic E-state index is 13.1. The number of para-hydroxylation sites is 1. The molecule has 2 aromatic heterocycles. The van der Waals surface area contributed by atoms with Gasteiger partial charge in [-0.15, -0.1) is 0 Å².